The van der Waals surface area contributed by atoms with Crippen LogP contribution in [0.25, 0.3) is 10.4 Å². The molecule has 0 fully saturated rings. The molecule has 0 saturated heterocycles. The number of rotatable bonds is 12. The first-order valence-corrected chi connectivity index (χ1v) is 14.2. The van der Waals surface area contributed by atoms with E-state index in [9.17, 15) is 10.3 Å². The molecule has 0 aliphatic carbocycles. The predicted molar refractivity (Wildman–Crippen MR) is 165 cm³/mol. The van der Waals surface area contributed by atoms with Gasteiger partial charge in [-0.15, -0.1) is 0 Å². The van der Waals surface area contributed by atoms with Crippen LogP contribution < -0.4 is 10.1 Å². The Balaban J connectivity index is 1.57. The number of benzene rings is 4. The first kappa shape index (κ1) is 29.7. The number of ether oxygens (including phenoxy) is 2. The standard InChI is InChI=1S/C33H30ClN5O4/c34-27-15-11-23(12-16-27)22-36-32(41)33(21-26-9-4-5-10-29(26)38-39-35)30(24-7-2-1-3-8-24)43-31(37-33)25-13-17-28(18-14-25)42-20-6-19-40/h1-5,7-18,30,40H,6,19-22H2,(H,36,41)/t30-,33-/m1/s1. The number of nitrogens with one attached hydrogen (secondary N) is 1. The fourth-order valence-electron chi connectivity index (χ4n) is 4.94. The summed E-state index contributed by atoms with van der Waals surface area (Å²) in [5, 5.41) is 16.6. The van der Waals surface area contributed by atoms with E-state index in [2.05, 4.69) is 15.3 Å². The number of nitrogens with zero attached hydrogens (tertiary/aromatic N) is 4. The lowest BCUT2D eigenvalue weighted by Gasteiger charge is -2.31. The molecule has 4 aromatic carbocycles. The second kappa shape index (κ2) is 13.9. The number of carbonyl (C=O) groups is 1. The van der Waals surface area contributed by atoms with Gasteiger partial charge in [0.25, 0.3) is 5.91 Å². The zero-order valence-corrected chi connectivity index (χ0v) is 24.0. The molecule has 0 saturated carbocycles. The Bertz CT molecular complexity index is 1620. The summed E-state index contributed by atoms with van der Waals surface area (Å²) < 4.78 is 12.2. The van der Waals surface area contributed by atoms with Crippen LogP contribution in [-0.2, 0) is 22.5 Å². The van der Waals surface area contributed by atoms with E-state index >= 15 is 0 Å². The maximum absolute atomic E-state index is 14.4. The van der Waals surface area contributed by atoms with Crippen LogP contribution in [0.5, 0.6) is 5.75 Å². The quantitative estimate of drug-likeness (QED) is 0.0802. The van der Waals surface area contributed by atoms with E-state index in [1.54, 1.807) is 36.4 Å². The fraction of sp³-hybridized carbons (Fsp3) is 0.212. The molecule has 43 heavy (non-hydrogen) atoms. The van der Waals surface area contributed by atoms with E-state index in [0.29, 0.717) is 46.5 Å². The van der Waals surface area contributed by atoms with Crippen LogP contribution in [0.15, 0.2) is 113 Å². The molecular formula is C33H30ClN5O4. The van der Waals surface area contributed by atoms with E-state index < -0.39 is 11.6 Å². The van der Waals surface area contributed by atoms with Crippen LogP contribution in [-0.4, -0.2) is 35.7 Å². The second-order valence-electron chi connectivity index (χ2n) is 10.0. The minimum atomic E-state index is -1.44. The Morgan fingerprint density at radius 2 is 1.74 bits per heavy atom. The van der Waals surface area contributed by atoms with Crippen molar-refractivity contribution in [3.05, 3.63) is 141 Å². The van der Waals surface area contributed by atoms with E-state index in [4.69, 9.17) is 31.2 Å². The Morgan fingerprint density at radius 1 is 1.02 bits per heavy atom. The van der Waals surface area contributed by atoms with Crippen LogP contribution in [0, 0.1) is 0 Å². The van der Waals surface area contributed by atoms with Gasteiger partial charge >= 0.3 is 0 Å². The van der Waals surface area contributed by atoms with Crippen molar-refractivity contribution in [2.24, 2.45) is 10.1 Å². The Morgan fingerprint density at radius 3 is 2.47 bits per heavy atom. The van der Waals surface area contributed by atoms with E-state index in [1.165, 1.54) is 0 Å². The first-order valence-electron chi connectivity index (χ1n) is 13.8. The van der Waals surface area contributed by atoms with Gasteiger partial charge in [0, 0.05) is 47.2 Å². The fourth-order valence-corrected chi connectivity index (χ4v) is 5.07. The van der Waals surface area contributed by atoms with E-state index in [0.717, 1.165) is 11.1 Å². The third-order valence-electron chi connectivity index (χ3n) is 7.10. The van der Waals surface area contributed by atoms with Crippen molar-refractivity contribution in [2.45, 2.75) is 31.0 Å². The molecule has 1 aliphatic heterocycles. The summed E-state index contributed by atoms with van der Waals surface area (Å²) in [5.41, 5.74) is 11.2. The average Bonchev–Trinajstić information content (AvgIpc) is 3.43. The summed E-state index contributed by atoms with van der Waals surface area (Å²) in [6.07, 6.45) is -0.144. The van der Waals surface area contributed by atoms with Crippen molar-refractivity contribution in [1.29, 1.82) is 0 Å². The van der Waals surface area contributed by atoms with Crippen molar-refractivity contribution < 1.29 is 19.4 Å². The normalized spacial score (nSPS) is 17.3. The maximum Gasteiger partial charge on any atom is 0.252 e. The summed E-state index contributed by atoms with van der Waals surface area (Å²) in [7, 11) is 0. The SMILES string of the molecule is [N-]=[N+]=Nc1ccccc1C[C@@]1(C(=O)NCc2ccc(Cl)cc2)N=C(c2ccc(OCCCO)cc2)O[C@@H]1c1ccccc1. The lowest BCUT2D eigenvalue weighted by atomic mass is 9.81. The molecule has 0 radical (unpaired) electrons. The molecular weight excluding hydrogens is 566 g/mol. The van der Waals surface area contributed by atoms with Crippen LogP contribution >= 0.6 is 11.6 Å². The van der Waals surface area contributed by atoms with Gasteiger partial charge < -0.3 is 19.9 Å². The van der Waals surface area contributed by atoms with Crippen LogP contribution in [0.2, 0.25) is 5.02 Å². The number of aliphatic hydroxyl groups excluding tert-OH is 1. The van der Waals surface area contributed by atoms with E-state index in [1.807, 2.05) is 66.7 Å². The second-order valence-corrected chi connectivity index (χ2v) is 10.4. The molecule has 5 rings (SSSR count). The van der Waals surface area contributed by atoms with Gasteiger partial charge in [0.05, 0.1) is 6.61 Å². The Labute approximate surface area is 254 Å². The molecule has 1 heterocycles. The van der Waals surface area contributed by atoms with Crippen molar-refractivity contribution in [1.82, 2.24) is 5.32 Å². The molecule has 2 atom stereocenters. The van der Waals surface area contributed by atoms with Crippen LogP contribution in [0.3, 0.4) is 0 Å². The van der Waals surface area contributed by atoms with Gasteiger partial charge in [-0.3, -0.25) is 4.79 Å². The summed E-state index contributed by atoms with van der Waals surface area (Å²) in [6, 6.07) is 31.1. The van der Waals surface area contributed by atoms with Crippen molar-refractivity contribution in [2.75, 3.05) is 13.2 Å². The molecule has 0 bridgehead atoms. The van der Waals surface area contributed by atoms with Crippen molar-refractivity contribution in [3.8, 4) is 5.75 Å². The number of hydrogen-bond donors (Lipinski definition) is 2. The summed E-state index contributed by atoms with van der Waals surface area (Å²) in [6.45, 7) is 0.696. The highest BCUT2D eigenvalue weighted by Gasteiger charge is 2.53. The predicted octanol–water partition coefficient (Wildman–Crippen LogP) is 6.86. The summed E-state index contributed by atoms with van der Waals surface area (Å²) >= 11 is 6.06. The molecule has 10 heteroatoms. The lowest BCUT2D eigenvalue weighted by molar-refractivity contribution is -0.129. The molecule has 4 aromatic rings. The monoisotopic (exact) mass is 595 g/mol. The number of aliphatic imine (C=N–C) groups is 1. The maximum atomic E-state index is 14.4. The Kier molecular flexibility index (Phi) is 9.59. The van der Waals surface area contributed by atoms with Crippen molar-refractivity contribution >= 4 is 29.1 Å². The number of azide groups is 1. The minimum Gasteiger partial charge on any atom is -0.494 e. The summed E-state index contributed by atoms with van der Waals surface area (Å²) in [5.74, 6) is 0.607. The van der Waals surface area contributed by atoms with Gasteiger partial charge in [-0.25, -0.2) is 4.99 Å². The zero-order valence-electron chi connectivity index (χ0n) is 23.3. The third-order valence-corrected chi connectivity index (χ3v) is 7.35. The molecule has 1 aliphatic rings. The van der Waals surface area contributed by atoms with Gasteiger partial charge in [0.15, 0.2) is 11.6 Å². The van der Waals surface area contributed by atoms with Gasteiger partial charge in [0.1, 0.15) is 5.75 Å². The topological polar surface area (TPSA) is 129 Å². The molecule has 9 nitrogen and oxygen atoms in total. The smallest absolute Gasteiger partial charge is 0.252 e. The minimum absolute atomic E-state index is 0.0502. The van der Waals surface area contributed by atoms with Gasteiger partial charge in [0.2, 0.25) is 5.90 Å². The van der Waals surface area contributed by atoms with Crippen LogP contribution in [0.4, 0.5) is 5.69 Å². The highest BCUT2D eigenvalue weighted by Crippen LogP contribution is 2.43. The average molecular weight is 596 g/mol. The first-order chi connectivity index (χ1) is 21.0. The lowest BCUT2D eigenvalue weighted by Crippen LogP contribution is -2.49. The number of amides is 1. The van der Waals surface area contributed by atoms with Gasteiger partial charge in [-0.2, -0.15) is 0 Å². The molecule has 0 aromatic heterocycles. The van der Waals surface area contributed by atoms with Gasteiger partial charge in [-0.05, 0) is 58.6 Å². The number of halogens is 1. The highest BCUT2D eigenvalue weighted by molar-refractivity contribution is 6.30. The number of carbonyl (C=O) groups excluding carboxylic acids is 1. The number of hydrogen-bond acceptors (Lipinski definition) is 6. The third kappa shape index (κ3) is 6.98. The highest BCUT2D eigenvalue weighted by atomic mass is 35.5. The molecule has 2 N–H and O–H groups in total. The summed E-state index contributed by atoms with van der Waals surface area (Å²) in [4.78, 5) is 22.4. The molecule has 0 spiro atoms. The van der Waals surface area contributed by atoms with Gasteiger partial charge in [-0.1, -0.05) is 83.4 Å². The molecule has 0 unspecified atom stereocenters. The van der Waals surface area contributed by atoms with Crippen molar-refractivity contribution in [3.63, 3.8) is 0 Å². The largest absolute Gasteiger partial charge is 0.494 e. The number of aliphatic hydroxyl groups is 1. The molecule has 1 amide bonds. The van der Waals surface area contributed by atoms with E-state index in [-0.39, 0.29) is 25.5 Å². The molecule has 218 valence electrons. The Hall–Kier alpha value is -4.82. The zero-order chi connectivity index (χ0) is 30.1. The van der Waals surface area contributed by atoms with Crippen LogP contribution in [0.1, 0.15) is 34.8 Å².